The van der Waals surface area contributed by atoms with E-state index in [9.17, 15) is 13.2 Å². The molecule has 1 aliphatic rings. The molecule has 0 bridgehead atoms. The number of hydrogen-bond acceptors (Lipinski definition) is 5. The summed E-state index contributed by atoms with van der Waals surface area (Å²) in [5, 5.41) is 2.66. The second-order valence-corrected chi connectivity index (χ2v) is 9.94. The van der Waals surface area contributed by atoms with E-state index in [1.54, 1.807) is 12.1 Å². The van der Waals surface area contributed by atoms with Crippen LogP contribution in [0.5, 0.6) is 0 Å². The summed E-state index contributed by atoms with van der Waals surface area (Å²) < 4.78 is 27.5. The van der Waals surface area contributed by atoms with Crippen molar-refractivity contribution >= 4 is 27.3 Å². The molecule has 3 aromatic rings. The zero-order chi connectivity index (χ0) is 20.4. The Morgan fingerprint density at radius 1 is 1.17 bits per heavy atom. The molecule has 2 aromatic carbocycles. The van der Waals surface area contributed by atoms with Gasteiger partial charge in [0.15, 0.2) is 0 Å². The summed E-state index contributed by atoms with van der Waals surface area (Å²) in [6.07, 6.45) is 3.74. The molecule has 4 rings (SSSR count). The molecule has 1 aliphatic carbocycles. The quantitative estimate of drug-likeness (QED) is 0.632. The van der Waals surface area contributed by atoms with E-state index in [2.05, 4.69) is 9.71 Å². The number of sulfonamides is 1. The highest BCUT2D eigenvalue weighted by atomic mass is 32.2. The summed E-state index contributed by atoms with van der Waals surface area (Å²) in [7, 11) is -3.94. The fourth-order valence-corrected chi connectivity index (χ4v) is 5.19. The molecular formula is C22H22N2O3S2. The van der Waals surface area contributed by atoms with E-state index in [0.29, 0.717) is 11.5 Å². The molecule has 5 nitrogen and oxygen atoms in total. The third-order valence-corrected chi connectivity index (χ3v) is 7.56. The van der Waals surface area contributed by atoms with Crippen molar-refractivity contribution in [3.05, 3.63) is 70.7 Å². The number of aryl methyl sites for hydroxylation is 1. The van der Waals surface area contributed by atoms with Crippen LogP contribution in [0.2, 0.25) is 0 Å². The molecule has 150 valence electrons. The summed E-state index contributed by atoms with van der Waals surface area (Å²) in [4.78, 5) is 16.8. The van der Waals surface area contributed by atoms with E-state index >= 15 is 0 Å². The molecule has 7 heteroatoms. The van der Waals surface area contributed by atoms with Gasteiger partial charge in [-0.1, -0.05) is 42.8 Å². The van der Waals surface area contributed by atoms with Crippen LogP contribution in [0.1, 0.15) is 42.0 Å². The Labute approximate surface area is 174 Å². The molecule has 1 amide bonds. The number of rotatable bonds is 6. The van der Waals surface area contributed by atoms with Crippen LogP contribution < -0.4 is 4.72 Å². The van der Waals surface area contributed by atoms with Crippen LogP contribution in [0.25, 0.3) is 10.6 Å². The molecule has 0 saturated heterocycles. The third-order valence-electron chi connectivity index (χ3n) is 5.18. The number of nitrogens with one attached hydrogen (secondary N) is 1. The standard InChI is InChI=1S/C22H22N2O3S2/c1-15-14-28-22(23-15)19-6-3-7-20(13-19)29(26,27)24-21(25)12-16-8-10-18(11-9-16)17-4-2-5-17/h3,6-11,13-14,17H,2,4-5,12H2,1H3,(H,24,25). The summed E-state index contributed by atoms with van der Waals surface area (Å²) >= 11 is 1.45. The van der Waals surface area contributed by atoms with Crippen molar-refractivity contribution in [2.75, 3.05) is 0 Å². The topological polar surface area (TPSA) is 76.1 Å². The number of carbonyl (C=O) groups is 1. The second kappa shape index (κ2) is 8.08. The Balaban J connectivity index is 1.44. The number of hydrogen-bond donors (Lipinski definition) is 1. The number of thiazole rings is 1. The summed E-state index contributed by atoms with van der Waals surface area (Å²) in [6.45, 7) is 1.89. The lowest BCUT2D eigenvalue weighted by Gasteiger charge is -2.25. The maximum atomic E-state index is 12.7. The monoisotopic (exact) mass is 426 g/mol. The molecule has 1 N–H and O–H groups in total. The van der Waals surface area contributed by atoms with E-state index in [0.717, 1.165) is 16.3 Å². The minimum Gasteiger partial charge on any atom is -0.274 e. The first-order valence-electron chi connectivity index (χ1n) is 9.58. The lowest BCUT2D eigenvalue weighted by molar-refractivity contribution is -0.118. The number of amides is 1. The predicted octanol–water partition coefficient (Wildman–Crippen LogP) is 4.43. The van der Waals surface area contributed by atoms with Crippen molar-refractivity contribution in [2.45, 2.75) is 43.4 Å². The van der Waals surface area contributed by atoms with E-state index in [1.807, 2.05) is 42.6 Å². The van der Waals surface area contributed by atoms with E-state index in [-0.39, 0.29) is 11.3 Å². The molecule has 0 spiro atoms. The number of aromatic nitrogens is 1. The largest absolute Gasteiger partial charge is 0.274 e. The van der Waals surface area contributed by atoms with Crippen molar-refractivity contribution in [3.63, 3.8) is 0 Å². The highest BCUT2D eigenvalue weighted by Gasteiger charge is 2.21. The van der Waals surface area contributed by atoms with Gasteiger partial charge in [0, 0.05) is 16.6 Å². The van der Waals surface area contributed by atoms with Gasteiger partial charge in [0.05, 0.1) is 11.3 Å². The fraction of sp³-hybridized carbons (Fsp3) is 0.273. The van der Waals surface area contributed by atoms with Gasteiger partial charge >= 0.3 is 0 Å². The van der Waals surface area contributed by atoms with Crippen LogP contribution >= 0.6 is 11.3 Å². The molecule has 0 unspecified atom stereocenters. The van der Waals surface area contributed by atoms with Crippen molar-refractivity contribution in [2.24, 2.45) is 0 Å². The maximum Gasteiger partial charge on any atom is 0.264 e. The van der Waals surface area contributed by atoms with Crippen LogP contribution in [0.3, 0.4) is 0 Å². The number of carbonyl (C=O) groups excluding carboxylic acids is 1. The molecule has 1 aromatic heterocycles. The van der Waals surface area contributed by atoms with E-state index in [4.69, 9.17) is 0 Å². The Morgan fingerprint density at radius 3 is 2.55 bits per heavy atom. The molecule has 0 radical (unpaired) electrons. The molecule has 1 heterocycles. The van der Waals surface area contributed by atoms with Gasteiger partial charge in [-0.05, 0) is 48.9 Å². The van der Waals surface area contributed by atoms with Crippen molar-refractivity contribution in [1.82, 2.24) is 9.71 Å². The number of nitrogens with zero attached hydrogens (tertiary/aromatic N) is 1. The number of benzene rings is 2. The Morgan fingerprint density at radius 2 is 1.93 bits per heavy atom. The Hall–Kier alpha value is -2.51. The first kappa shape index (κ1) is 19.8. The van der Waals surface area contributed by atoms with Gasteiger partial charge in [-0.2, -0.15) is 0 Å². The van der Waals surface area contributed by atoms with Gasteiger partial charge < -0.3 is 0 Å². The third kappa shape index (κ3) is 4.57. The normalized spacial score (nSPS) is 14.4. The lowest BCUT2D eigenvalue weighted by atomic mass is 9.80. The molecule has 29 heavy (non-hydrogen) atoms. The van der Waals surface area contributed by atoms with E-state index in [1.165, 1.54) is 42.2 Å². The molecule has 1 fully saturated rings. The summed E-state index contributed by atoms with van der Waals surface area (Å²) in [6, 6.07) is 14.4. The van der Waals surface area contributed by atoms with Crippen LogP contribution in [-0.2, 0) is 21.2 Å². The van der Waals surface area contributed by atoms with Gasteiger partial charge in [-0.3, -0.25) is 4.79 Å². The lowest BCUT2D eigenvalue weighted by Crippen LogP contribution is -2.31. The average molecular weight is 427 g/mol. The Bertz CT molecular complexity index is 1130. The first-order valence-corrected chi connectivity index (χ1v) is 11.9. The highest BCUT2D eigenvalue weighted by Crippen LogP contribution is 2.36. The molecule has 0 aliphatic heterocycles. The van der Waals surface area contributed by atoms with Crippen LogP contribution in [0.15, 0.2) is 58.8 Å². The van der Waals surface area contributed by atoms with Gasteiger partial charge in [-0.15, -0.1) is 11.3 Å². The molecule has 1 saturated carbocycles. The van der Waals surface area contributed by atoms with Crippen molar-refractivity contribution in [3.8, 4) is 10.6 Å². The molecule has 0 atom stereocenters. The second-order valence-electron chi connectivity index (χ2n) is 7.40. The van der Waals surface area contributed by atoms with Gasteiger partial charge in [0.25, 0.3) is 10.0 Å². The van der Waals surface area contributed by atoms with Crippen LogP contribution in [-0.4, -0.2) is 19.3 Å². The minimum absolute atomic E-state index is 0.0234. The SMILES string of the molecule is Cc1csc(-c2cccc(S(=O)(=O)NC(=O)Cc3ccc(C4CCC4)cc3)c2)n1. The smallest absolute Gasteiger partial charge is 0.264 e. The first-order chi connectivity index (χ1) is 13.9. The van der Waals surface area contributed by atoms with Gasteiger partial charge in [-0.25, -0.2) is 18.1 Å². The summed E-state index contributed by atoms with van der Waals surface area (Å²) in [5.74, 6) is 0.0871. The zero-order valence-electron chi connectivity index (χ0n) is 16.1. The predicted molar refractivity (Wildman–Crippen MR) is 114 cm³/mol. The van der Waals surface area contributed by atoms with Crippen molar-refractivity contribution < 1.29 is 13.2 Å². The highest BCUT2D eigenvalue weighted by molar-refractivity contribution is 7.90. The average Bonchev–Trinajstić information content (AvgIpc) is 3.08. The molecular weight excluding hydrogens is 404 g/mol. The van der Waals surface area contributed by atoms with Crippen LogP contribution in [0, 0.1) is 6.92 Å². The maximum absolute atomic E-state index is 12.7. The summed E-state index contributed by atoms with van der Waals surface area (Å²) in [5.41, 5.74) is 3.69. The Kier molecular flexibility index (Phi) is 5.52. The van der Waals surface area contributed by atoms with Crippen molar-refractivity contribution in [1.29, 1.82) is 0 Å². The van der Waals surface area contributed by atoms with Gasteiger partial charge in [0.1, 0.15) is 5.01 Å². The van der Waals surface area contributed by atoms with Crippen LogP contribution in [0.4, 0.5) is 0 Å². The fourth-order valence-electron chi connectivity index (χ4n) is 3.36. The minimum atomic E-state index is -3.94. The zero-order valence-corrected chi connectivity index (χ0v) is 17.7. The van der Waals surface area contributed by atoms with E-state index < -0.39 is 15.9 Å². The van der Waals surface area contributed by atoms with Gasteiger partial charge in [0.2, 0.25) is 5.91 Å².